The van der Waals surface area contributed by atoms with Crippen molar-refractivity contribution in [3.8, 4) is 0 Å². The third-order valence-electron chi connectivity index (χ3n) is 3.49. The van der Waals surface area contributed by atoms with E-state index in [0.717, 1.165) is 28.6 Å². The van der Waals surface area contributed by atoms with Gasteiger partial charge in [0.25, 0.3) is 0 Å². The molecule has 1 unspecified atom stereocenters. The predicted molar refractivity (Wildman–Crippen MR) is 67.0 cm³/mol. The number of aromatic nitrogens is 4. The van der Waals surface area contributed by atoms with Crippen LogP contribution in [0.25, 0.3) is 11.0 Å². The van der Waals surface area contributed by atoms with Gasteiger partial charge in [-0.1, -0.05) is 0 Å². The zero-order chi connectivity index (χ0) is 12.0. The number of fused-ring (bicyclic) bond motifs is 1. The van der Waals surface area contributed by atoms with E-state index in [9.17, 15) is 0 Å². The Balaban J connectivity index is 2.16. The van der Waals surface area contributed by atoms with Gasteiger partial charge in [-0.15, -0.1) is 0 Å². The Morgan fingerprint density at radius 3 is 2.82 bits per heavy atom. The van der Waals surface area contributed by atoms with Crippen LogP contribution in [0.1, 0.15) is 31.6 Å². The van der Waals surface area contributed by atoms with E-state index in [1.807, 2.05) is 24.9 Å². The summed E-state index contributed by atoms with van der Waals surface area (Å²) < 4.78 is 2.04. The van der Waals surface area contributed by atoms with Crippen molar-refractivity contribution in [1.29, 1.82) is 0 Å². The maximum atomic E-state index is 4.52. The van der Waals surface area contributed by atoms with Gasteiger partial charge in [-0.2, -0.15) is 5.10 Å². The molecule has 90 valence electrons. The molecule has 0 spiro atoms. The Hall–Kier alpha value is -1.65. The lowest BCUT2D eigenvalue weighted by Crippen LogP contribution is -2.10. The molecule has 0 radical (unpaired) electrons. The number of anilines is 1. The molecule has 2 aromatic heterocycles. The van der Waals surface area contributed by atoms with Crippen LogP contribution in [0.4, 0.5) is 5.82 Å². The van der Waals surface area contributed by atoms with Crippen LogP contribution in [0.3, 0.4) is 0 Å². The van der Waals surface area contributed by atoms with Gasteiger partial charge in [0, 0.05) is 7.05 Å². The minimum absolute atomic E-state index is 0.437. The summed E-state index contributed by atoms with van der Waals surface area (Å²) >= 11 is 0. The highest BCUT2D eigenvalue weighted by Gasteiger charge is 2.31. The van der Waals surface area contributed by atoms with E-state index in [1.54, 1.807) is 0 Å². The van der Waals surface area contributed by atoms with Crippen LogP contribution in [-0.4, -0.2) is 26.8 Å². The lowest BCUT2D eigenvalue weighted by Gasteiger charge is -2.12. The zero-order valence-electron chi connectivity index (χ0n) is 10.4. The van der Waals surface area contributed by atoms with Crippen molar-refractivity contribution in [3.63, 3.8) is 0 Å². The fraction of sp³-hybridized carbons (Fsp3) is 0.583. The molecular weight excluding hydrogens is 214 g/mol. The minimum Gasteiger partial charge on any atom is -0.372 e. The van der Waals surface area contributed by atoms with Crippen molar-refractivity contribution in [2.24, 2.45) is 5.92 Å². The first kappa shape index (κ1) is 10.5. The first-order valence-corrected chi connectivity index (χ1v) is 6.10. The summed E-state index contributed by atoms with van der Waals surface area (Å²) in [5.74, 6) is 2.42. The van der Waals surface area contributed by atoms with Gasteiger partial charge in [0.1, 0.15) is 11.6 Å². The Kier molecular flexibility index (Phi) is 2.28. The molecule has 1 aliphatic rings. The molecule has 1 fully saturated rings. The first-order valence-electron chi connectivity index (χ1n) is 6.10. The van der Waals surface area contributed by atoms with Gasteiger partial charge >= 0.3 is 0 Å². The van der Waals surface area contributed by atoms with Gasteiger partial charge < -0.3 is 5.32 Å². The van der Waals surface area contributed by atoms with Gasteiger partial charge in [-0.05, 0) is 32.6 Å². The van der Waals surface area contributed by atoms with Crippen LogP contribution >= 0.6 is 0 Å². The molecule has 2 heterocycles. The van der Waals surface area contributed by atoms with Crippen molar-refractivity contribution >= 4 is 16.9 Å². The third-order valence-corrected chi connectivity index (χ3v) is 3.49. The Bertz CT molecular complexity index is 555. The topological polar surface area (TPSA) is 55.6 Å². The molecule has 5 heteroatoms. The lowest BCUT2D eigenvalue weighted by molar-refractivity contribution is 0.450. The van der Waals surface area contributed by atoms with Crippen LogP contribution in [-0.2, 0) is 0 Å². The molecule has 2 aromatic rings. The summed E-state index contributed by atoms with van der Waals surface area (Å²) in [6, 6.07) is 0.437. The largest absolute Gasteiger partial charge is 0.372 e. The Labute approximate surface area is 100 Å². The van der Waals surface area contributed by atoms with Crippen molar-refractivity contribution < 1.29 is 0 Å². The maximum absolute atomic E-state index is 4.52. The maximum Gasteiger partial charge on any atom is 0.163 e. The number of hydrogen-bond acceptors (Lipinski definition) is 4. The SMILES string of the molecule is CNc1nc(C)nc2c1cnn2C(C)C1CC1. The van der Waals surface area contributed by atoms with E-state index in [2.05, 4.69) is 27.3 Å². The summed E-state index contributed by atoms with van der Waals surface area (Å²) in [5.41, 5.74) is 0.946. The van der Waals surface area contributed by atoms with Crippen molar-refractivity contribution in [2.75, 3.05) is 12.4 Å². The molecule has 3 rings (SSSR count). The number of aryl methyl sites for hydroxylation is 1. The van der Waals surface area contributed by atoms with Crippen molar-refractivity contribution in [3.05, 3.63) is 12.0 Å². The summed E-state index contributed by atoms with van der Waals surface area (Å²) in [6.45, 7) is 4.14. The second-order valence-electron chi connectivity index (χ2n) is 4.77. The number of hydrogen-bond donors (Lipinski definition) is 1. The summed E-state index contributed by atoms with van der Waals surface area (Å²) in [5, 5.41) is 8.59. The second kappa shape index (κ2) is 3.68. The Morgan fingerprint density at radius 2 is 2.18 bits per heavy atom. The molecule has 0 bridgehead atoms. The number of rotatable bonds is 3. The molecular formula is C12H17N5. The third kappa shape index (κ3) is 1.66. The van der Waals surface area contributed by atoms with Gasteiger partial charge in [0.2, 0.25) is 0 Å². The Morgan fingerprint density at radius 1 is 1.41 bits per heavy atom. The molecule has 0 aliphatic heterocycles. The van der Waals surface area contributed by atoms with E-state index < -0.39 is 0 Å². The molecule has 5 nitrogen and oxygen atoms in total. The average Bonchev–Trinajstić information content (AvgIpc) is 3.08. The lowest BCUT2D eigenvalue weighted by atomic mass is 10.2. The molecule has 0 saturated heterocycles. The highest BCUT2D eigenvalue weighted by molar-refractivity contribution is 5.86. The molecule has 1 saturated carbocycles. The molecule has 17 heavy (non-hydrogen) atoms. The van der Waals surface area contributed by atoms with E-state index in [0.29, 0.717) is 6.04 Å². The van der Waals surface area contributed by atoms with Crippen molar-refractivity contribution in [2.45, 2.75) is 32.7 Å². The van der Waals surface area contributed by atoms with E-state index in [1.165, 1.54) is 12.8 Å². The van der Waals surface area contributed by atoms with Gasteiger partial charge in [0.15, 0.2) is 5.65 Å². The standard InChI is InChI=1S/C12H17N5/c1-7(9-4-5-9)17-12-10(6-14-17)11(13-3)15-8(2)16-12/h6-7,9H,4-5H2,1-3H3,(H,13,15,16). The summed E-state index contributed by atoms with van der Waals surface area (Å²) in [6.07, 6.45) is 4.48. The van der Waals surface area contributed by atoms with Crippen LogP contribution in [0, 0.1) is 12.8 Å². The van der Waals surface area contributed by atoms with Gasteiger partial charge in [-0.25, -0.2) is 14.6 Å². The van der Waals surface area contributed by atoms with Crippen LogP contribution in [0.2, 0.25) is 0 Å². The highest BCUT2D eigenvalue weighted by atomic mass is 15.3. The molecule has 1 N–H and O–H groups in total. The van der Waals surface area contributed by atoms with E-state index in [-0.39, 0.29) is 0 Å². The smallest absolute Gasteiger partial charge is 0.163 e. The molecule has 1 aliphatic carbocycles. The van der Waals surface area contributed by atoms with Gasteiger partial charge in [-0.3, -0.25) is 0 Å². The quantitative estimate of drug-likeness (QED) is 0.879. The van der Waals surface area contributed by atoms with E-state index >= 15 is 0 Å². The van der Waals surface area contributed by atoms with Crippen molar-refractivity contribution in [1.82, 2.24) is 19.7 Å². The molecule has 0 aromatic carbocycles. The highest BCUT2D eigenvalue weighted by Crippen LogP contribution is 2.40. The fourth-order valence-corrected chi connectivity index (χ4v) is 2.30. The average molecular weight is 231 g/mol. The van der Waals surface area contributed by atoms with Crippen LogP contribution in [0.15, 0.2) is 6.20 Å². The zero-order valence-corrected chi connectivity index (χ0v) is 10.4. The number of nitrogens with one attached hydrogen (secondary N) is 1. The summed E-state index contributed by atoms with van der Waals surface area (Å²) in [4.78, 5) is 8.90. The molecule has 0 amide bonds. The second-order valence-corrected chi connectivity index (χ2v) is 4.77. The van der Waals surface area contributed by atoms with Gasteiger partial charge in [0.05, 0.1) is 17.6 Å². The molecule has 1 atom stereocenters. The number of nitrogens with zero attached hydrogens (tertiary/aromatic N) is 4. The summed E-state index contributed by atoms with van der Waals surface area (Å²) in [7, 11) is 1.88. The van der Waals surface area contributed by atoms with E-state index in [4.69, 9.17) is 0 Å². The first-order chi connectivity index (χ1) is 8.20. The monoisotopic (exact) mass is 231 g/mol. The normalized spacial score (nSPS) is 17.4. The fourth-order valence-electron chi connectivity index (χ4n) is 2.30. The van der Waals surface area contributed by atoms with Crippen LogP contribution < -0.4 is 5.32 Å². The predicted octanol–water partition coefficient (Wildman–Crippen LogP) is 2.15. The minimum atomic E-state index is 0.437. The van der Waals surface area contributed by atoms with Crippen LogP contribution in [0.5, 0.6) is 0 Å².